The van der Waals surface area contributed by atoms with Crippen LogP contribution in [0.25, 0.3) is 0 Å². The molecule has 0 aliphatic carbocycles. The molecule has 100 valence electrons. The summed E-state index contributed by atoms with van der Waals surface area (Å²) < 4.78 is 0. The summed E-state index contributed by atoms with van der Waals surface area (Å²) >= 11 is 1.74. The average molecular weight is 290 g/mol. The minimum Gasteiger partial charge on any atom is -0.346 e. The third-order valence-electron chi connectivity index (χ3n) is 2.78. The molecule has 1 aliphatic rings. The predicted molar refractivity (Wildman–Crippen MR) is 72.8 cm³/mol. The molecule has 1 aromatic rings. The maximum absolute atomic E-state index is 11.8. The van der Waals surface area contributed by atoms with Gasteiger partial charge in [-0.05, 0) is 23.4 Å². The Labute approximate surface area is 116 Å². The van der Waals surface area contributed by atoms with Crippen LogP contribution in [0, 0.1) is 0 Å². The standard InChI is InChI=1S/C11H15N3O2S.ClH/c12-5-10(15)13-6-11(16)14-3-1-9-8(7-14)2-4-17-9;/h2,4H,1,3,5-7,12H2,(H,13,15);1H. The van der Waals surface area contributed by atoms with E-state index in [-0.39, 0.29) is 37.3 Å². The number of rotatable bonds is 3. The predicted octanol–water partition coefficient (Wildman–Crippen LogP) is 0.129. The van der Waals surface area contributed by atoms with Crippen molar-refractivity contribution in [3.63, 3.8) is 0 Å². The van der Waals surface area contributed by atoms with E-state index in [0.717, 1.165) is 13.0 Å². The molecule has 0 unspecified atom stereocenters. The van der Waals surface area contributed by atoms with Crippen LogP contribution in [0.5, 0.6) is 0 Å². The second-order valence-electron chi connectivity index (χ2n) is 3.92. The third kappa shape index (κ3) is 3.44. The van der Waals surface area contributed by atoms with Gasteiger partial charge in [0, 0.05) is 18.0 Å². The van der Waals surface area contributed by atoms with Crippen molar-refractivity contribution < 1.29 is 9.59 Å². The van der Waals surface area contributed by atoms with Gasteiger partial charge in [-0.25, -0.2) is 0 Å². The lowest BCUT2D eigenvalue weighted by Crippen LogP contribution is -2.43. The number of hydrogen-bond acceptors (Lipinski definition) is 4. The van der Waals surface area contributed by atoms with Crippen molar-refractivity contribution in [2.45, 2.75) is 13.0 Å². The number of nitrogens with zero attached hydrogens (tertiary/aromatic N) is 1. The molecule has 0 bridgehead atoms. The first kappa shape index (κ1) is 14.9. The van der Waals surface area contributed by atoms with Crippen molar-refractivity contribution in [3.05, 3.63) is 21.9 Å². The van der Waals surface area contributed by atoms with Crippen LogP contribution in [-0.2, 0) is 22.6 Å². The van der Waals surface area contributed by atoms with E-state index >= 15 is 0 Å². The number of fused-ring (bicyclic) bond motifs is 1. The summed E-state index contributed by atoms with van der Waals surface area (Å²) in [7, 11) is 0. The van der Waals surface area contributed by atoms with Gasteiger partial charge < -0.3 is 16.0 Å². The zero-order valence-corrected chi connectivity index (χ0v) is 11.5. The molecule has 1 aliphatic heterocycles. The molecule has 3 N–H and O–H groups in total. The van der Waals surface area contributed by atoms with Crippen LogP contribution in [0.1, 0.15) is 10.4 Å². The lowest BCUT2D eigenvalue weighted by Gasteiger charge is -2.27. The Hall–Kier alpha value is -1.11. The number of hydrogen-bond donors (Lipinski definition) is 2. The maximum atomic E-state index is 11.8. The van der Waals surface area contributed by atoms with Crippen molar-refractivity contribution in [2.24, 2.45) is 5.73 Å². The topological polar surface area (TPSA) is 75.4 Å². The fourth-order valence-electron chi connectivity index (χ4n) is 1.82. The molecule has 2 amide bonds. The van der Waals surface area contributed by atoms with Gasteiger partial charge in [-0.3, -0.25) is 9.59 Å². The Kier molecular flexibility index (Phi) is 5.58. The number of carbonyl (C=O) groups excluding carboxylic acids is 2. The SMILES string of the molecule is Cl.NCC(=O)NCC(=O)N1CCc2sccc2C1. The summed E-state index contributed by atoms with van der Waals surface area (Å²) in [5.74, 6) is -0.352. The number of halogens is 1. The van der Waals surface area contributed by atoms with E-state index in [1.165, 1.54) is 10.4 Å². The van der Waals surface area contributed by atoms with Gasteiger partial charge in [-0.1, -0.05) is 0 Å². The summed E-state index contributed by atoms with van der Waals surface area (Å²) in [6, 6.07) is 2.05. The maximum Gasteiger partial charge on any atom is 0.242 e. The van der Waals surface area contributed by atoms with Crippen molar-refractivity contribution in [2.75, 3.05) is 19.6 Å². The molecule has 18 heavy (non-hydrogen) atoms. The van der Waals surface area contributed by atoms with Crippen molar-refractivity contribution >= 4 is 35.6 Å². The summed E-state index contributed by atoms with van der Waals surface area (Å²) in [5.41, 5.74) is 6.37. The Morgan fingerprint density at radius 2 is 2.28 bits per heavy atom. The molecule has 2 rings (SSSR count). The van der Waals surface area contributed by atoms with Gasteiger partial charge >= 0.3 is 0 Å². The molecule has 0 aromatic carbocycles. The van der Waals surface area contributed by atoms with Crippen LogP contribution in [0.3, 0.4) is 0 Å². The van der Waals surface area contributed by atoms with Gasteiger partial charge in [-0.15, -0.1) is 23.7 Å². The Morgan fingerprint density at radius 1 is 1.50 bits per heavy atom. The van der Waals surface area contributed by atoms with Crippen LogP contribution in [0.2, 0.25) is 0 Å². The molecule has 7 heteroatoms. The number of nitrogens with two attached hydrogens (primary N) is 1. The highest BCUT2D eigenvalue weighted by molar-refractivity contribution is 7.10. The molecule has 0 fully saturated rings. The highest BCUT2D eigenvalue weighted by Gasteiger charge is 2.21. The van der Waals surface area contributed by atoms with Crippen molar-refractivity contribution in [1.29, 1.82) is 0 Å². The van der Waals surface area contributed by atoms with Crippen LogP contribution in [0.15, 0.2) is 11.4 Å². The van der Waals surface area contributed by atoms with Gasteiger partial charge in [-0.2, -0.15) is 0 Å². The Morgan fingerprint density at radius 3 is 3.00 bits per heavy atom. The van der Waals surface area contributed by atoms with E-state index in [0.29, 0.717) is 6.54 Å². The van der Waals surface area contributed by atoms with Crippen molar-refractivity contribution in [1.82, 2.24) is 10.2 Å². The van der Waals surface area contributed by atoms with E-state index in [2.05, 4.69) is 16.8 Å². The van der Waals surface area contributed by atoms with E-state index in [1.807, 2.05) is 0 Å². The lowest BCUT2D eigenvalue weighted by atomic mass is 10.1. The van der Waals surface area contributed by atoms with Crippen LogP contribution >= 0.6 is 23.7 Å². The van der Waals surface area contributed by atoms with Crippen molar-refractivity contribution in [3.8, 4) is 0 Å². The van der Waals surface area contributed by atoms with Gasteiger partial charge in [0.2, 0.25) is 11.8 Å². The van der Waals surface area contributed by atoms with E-state index in [4.69, 9.17) is 5.73 Å². The van der Waals surface area contributed by atoms with E-state index in [9.17, 15) is 9.59 Å². The summed E-state index contributed by atoms with van der Waals surface area (Å²) in [5, 5.41) is 4.55. The molecule has 1 aromatic heterocycles. The monoisotopic (exact) mass is 289 g/mol. The van der Waals surface area contributed by atoms with Gasteiger partial charge in [0.25, 0.3) is 0 Å². The molecular formula is C11H16ClN3O2S. The highest BCUT2D eigenvalue weighted by atomic mass is 35.5. The lowest BCUT2D eigenvalue weighted by molar-refractivity contribution is -0.133. The smallest absolute Gasteiger partial charge is 0.242 e. The largest absolute Gasteiger partial charge is 0.346 e. The number of thiophene rings is 1. The molecule has 0 saturated heterocycles. The second-order valence-corrected chi connectivity index (χ2v) is 4.92. The molecule has 0 spiro atoms. The first-order valence-electron chi connectivity index (χ1n) is 5.50. The van der Waals surface area contributed by atoms with E-state index < -0.39 is 0 Å². The van der Waals surface area contributed by atoms with Crippen LogP contribution in [-0.4, -0.2) is 36.3 Å². The number of nitrogens with one attached hydrogen (secondary N) is 1. The zero-order valence-electron chi connectivity index (χ0n) is 9.85. The highest BCUT2D eigenvalue weighted by Crippen LogP contribution is 2.23. The molecule has 2 heterocycles. The Balaban J connectivity index is 0.00000162. The summed E-state index contributed by atoms with van der Waals surface area (Å²) in [4.78, 5) is 25.9. The van der Waals surface area contributed by atoms with E-state index in [1.54, 1.807) is 16.2 Å². The first-order valence-corrected chi connectivity index (χ1v) is 6.38. The second kappa shape index (κ2) is 6.72. The first-order chi connectivity index (χ1) is 8.20. The fraction of sp³-hybridized carbons (Fsp3) is 0.455. The minimum absolute atomic E-state index is 0. The van der Waals surface area contributed by atoms with Crippen LogP contribution in [0.4, 0.5) is 0 Å². The average Bonchev–Trinajstić information content (AvgIpc) is 2.82. The molecule has 0 atom stereocenters. The van der Waals surface area contributed by atoms with Gasteiger partial charge in [0.1, 0.15) is 0 Å². The fourth-order valence-corrected chi connectivity index (χ4v) is 2.71. The molecule has 5 nitrogen and oxygen atoms in total. The van der Waals surface area contributed by atoms with Gasteiger partial charge in [0.05, 0.1) is 13.1 Å². The molecule has 0 radical (unpaired) electrons. The molecule has 0 saturated carbocycles. The normalized spacial score (nSPS) is 13.5. The Bertz CT molecular complexity index is 436. The minimum atomic E-state index is -0.299. The zero-order chi connectivity index (χ0) is 12.3. The van der Waals surface area contributed by atoms with Gasteiger partial charge in [0.15, 0.2) is 0 Å². The number of amides is 2. The quantitative estimate of drug-likeness (QED) is 0.830. The molecular weight excluding hydrogens is 274 g/mol. The number of carbonyl (C=O) groups is 2. The van der Waals surface area contributed by atoms with Crippen LogP contribution < -0.4 is 11.1 Å². The summed E-state index contributed by atoms with van der Waals surface area (Å²) in [6.07, 6.45) is 0.906. The summed E-state index contributed by atoms with van der Waals surface area (Å²) in [6.45, 7) is 1.33. The third-order valence-corrected chi connectivity index (χ3v) is 3.81.